The van der Waals surface area contributed by atoms with Gasteiger partial charge in [0.15, 0.2) is 0 Å². The van der Waals surface area contributed by atoms with Crippen LogP contribution in [0.5, 0.6) is 0 Å². The quantitative estimate of drug-likeness (QED) is 0.928. The van der Waals surface area contributed by atoms with E-state index >= 15 is 0 Å². The molecule has 0 unspecified atom stereocenters. The van der Waals surface area contributed by atoms with E-state index in [-0.39, 0.29) is 18.4 Å². The summed E-state index contributed by atoms with van der Waals surface area (Å²) in [6, 6.07) is 3.75. The van der Waals surface area contributed by atoms with Crippen molar-refractivity contribution in [1.29, 1.82) is 0 Å². The molecule has 1 rings (SSSR count). The van der Waals surface area contributed by atoms with E-state index in [9.17, 15) is 9.59 Å². The minimum Gasteiger partial charge on any atom is -0.329 e. The van der Waals surface area contributed by atoms with Crippen molar-refractivity contribution in [2.24, 2.45) is 0 Å². The molecule has 0 saturated carbocycles. The first-order chi connectivity index (χ1) is 9.52. The second-order valence-electron chi connectivity index (χ2n) is 6.26. The first-order valence-corrected chi connectivity index (χ1v) is 7.25. The van der Waals surface area contributed by atoms with Crippen LogP contribution in [0.4, 0.5) is 5.69 Å². The molecule has 0 heterocycles. The van der Waals surface area contributed by atoms with Gasteiger partial charge in [0.1, 0.15) is 6.54 Å². The Bertz CT molecular complexity index is 539. The number of anilines is 1. The van der Waals surface area contributed by atoms with E-state index in [1.165, 1.54) is 11.8 Å². The summed E-state index contributed by atoms with van der Waals surface area (Å²) in [5, 5.41) is 3.30. The van der Waals surface area contributed by atoms with Gasteiger partial charge in [-0.1, -0.05) is 17.7 Å². The number of benzene rings is 1. The lowest BCUT2D eigenvalue weighted by Gasteiger charge is -2.34. The average Bonchev–Trinajstić information content (AvgIpc) is 2.28. The van der Waals surface area contributed by atoms with Crippen LogP contribution >= 0.6 is 11.6 Å². The van der Waals surface area contributed by atoms with E-state index in [1.54, 1.807) is 6.07 Å². The Morgan fingerprint density at radius 2 is 1.81 bits per heavy atom. The van der Waals surface area contributed by atoms with Crippen molar-refractivity contribution in [3.8, 4) is 0 Å². The van der Waals surface area contributed by atoms with Gasteiger partial charge in [-0.25, -0.2) is 0 Å². The molecule has 1 aromatic carbocycles. The molecule has 0 bridgehead atoms. The number of halogens is 1. The molecule has 4 nitrogen and oxygen atoms in total. The molecule has 0 aromatic heterocycles. The number of amides is 2. The zero-order valence-corrected chi connectivity index (χ0v) is 14.3. The fourth-order valence-electron chi connectivity index (χ4n) is 2.22. The lowest BCUT2D eigenvalue weighted by atomic mass is 10.1. The SMILES string of the molecule is CC(=O)N(CC(=O)Nc1c(C)cc(C)cc1Cl)C(C)(C)C. The fourth-order valence-corrected chi connectivity index (χ4v) is 2.59. The van der Waals surface area contributed by atoms with Gasteiger partial charge in [0.2, 0.25) is 11.8 Å². The number of hydrogen-bond donors (Lipinski definition) is 1. The maximum Gasteiger partial charge on any atom is 0.244 e. The molecule has 1 N–H and O–H groups in total. The van der Waals surface area contributed by atoms with Gasteiger partial charge in [-0.15, -0.1) is 0 Å². The van der Waals surface area contributed by atoms with E-state index in [0.29, 0.717) is 10.7 Å². The van der Waals surface area contributed by atoms with Gasteiger partial charge >= 0.3 is 0 Å². The Morgan fingerprint density at radius 3 is 2.24 bits per heavy atom. The fraction of sp³-hybridized carbons (Fsp3) is 0.500. The van der Waals surface area contributed by atoms with Gasteiger partial charge in [-0.05, 0) is 51.8 Å². The van der Waals surface area contributed by atoms with Gasteiger partial charge in [0.25, 0.3) is 0 Å². The lowest BCUT2D eigenvalue weighted by Crippen LogP contribution is -2.48. The van der Waals surface area contributed by atoms with Gasteiger partial charge in [-0.2, -0.15) is 0 Å². The smallest absolute Gasteiger partial charge is 0.244 e. The van der Waals surface area contributed by atoms with Gasteiger partial charge < -0.3 is 10.2 Å². The Labute approximate surface area is 131 Å². The van der Waals surface area contributed by atoms with Crippen molar-refractivity contribution in [2.75, 3.05) is 11.9 Å². The highest BCUT2D eigenvalue weighted by molar-refractivity contribution is 6.34. The number of aryl methyl sites for hydroxylation is 2. The van der Waals surface area contributed by atoms with Gasteiger partial charge in [0.05, 0.1) is 10.7 Å². The second-order valence-corrected chi connectivity index (χ2v) is 6.67. The van der Waals surface area contributed by atoms with Crippen LogP contribution in [0.15, 0.2) is 12.1 Å². The van der Waals surface area contributed by atoms with Crippen molar-refractivity contribution in [2.45, 2.75) is 47.1 Å². The van der Waals surface area contributed by atoms with E-state index in [2.05, 4.69) is 5.32 Å². The molecular formula is C16H23ClN2O2. The van der Waals surface area contributed by atoms with Crippen molar-refractivity contribution >= 4 is 29.1 Å². The summed E-state index contributed by atoms with van der Waals surface area (Å²) in [6.07, 6.45) is 0. The standard InChI is InChI=1S/C16H23ClN2O2/c1-10-7-11(2)15(13(17)8-10)18-14(21)9-19(12(3)20)16(4,5)6/h7-8H,9H2,1-6H3,(H,18,21). The molecule has 0 saturated heterocycles. The van der Waals surface area contributed by atoms with Crippen LogP contribution in [0.1, 0.15) is 38.8 Å². The summed E-state index contributed by atoms with van der Waals surface area (Å²) in [6.45, 7) is 11.0. The number of hydrogen-bond acceptors (Lipinski definition) is 2. The Balaban J connectivity index is 2.90. The molecule has 0 spiro atoms. The largest absolute Gasteiger partial charge is 0.329 e. The molecule has 0 atom stereocenters. The van der Waals surface area contributed by atoms with Gasteiger partial charge in [0, 0.05) is 12.5 Å². The van der Waals surface area contributed by atoms with E-state index in [0.717, 1.165) is 11.1 Å². The van der Waals surface area contributed by atoms with Crippen molar-refractivity contribution < 1.29 is 9.59 Å². The normalized spacial score (nSPS) is 11.2. The third-order valence-electron chi connectivity index (χ3n) is 3.19. The topological polar surface area (TPSA) is 49.4 Å². The van der Waals surface area contributed by atoms with Crippen LogP contribution < -0.4 is 5.32 Å². The Kier molecular flexibility index (Phi) is 5.40. The number of carbonyl (C=O) groups is 2. The molecule has 0 aliphatic carbocycles. The third-order valence-corrected chi connectivity index (χ3v) is 3.49. The number of nitrogens with zero attached hydrogens (tertiary/aromatic N) is 1. The van der Waals surface area contributed by atoms with E-state index < -0.39 is 5.54 Å². The summed E-state index contributed by atoms with van der Waals surface area (Å²) in [5.41, 5.74) is 2.13. The highest BCUT2D eigenvalue weighted by Crippen LogP contribution is 2.27. The minimum absolute atomic E-state index is 0.00246. The molecule has 21 heavy (non-hydrogen) atoms. The lowest BCUT2D eigenvalue weighted by molar-refractivity contribution is -0.137. The maximum absolute atomic E-state index is 12.2. The van der Waals surface area contributed by atoms with Crippen LogP contribution in [0, 0.1) is 13.8 Å². The van der Waals surface area contributed by atoms with E-state index in [4.69, 9.17) is 11.6 Å². The maximum atomic E-state index is 12.2. The first kappa shape index (κ1) is 17.5. The summed E-state index contributed by atoms with van der Waals surface area (Å²) >= 11 is 6.17. The van der Waals surface area contributed by atoms with Crippen molar-refractivity contribution in [1.82, 2.24) is 4.90 Å². The number of rotatable bonds is 3. The first-order valence-electron chi connectivity index (χ1n) is 6.87. The summed E-state index contributed by atoms with van der Waals surface area (Å²) in [7, 11) is 0. The van der Waals surface area contributed by atoms with Crippen LogP contribution in [-0.4, -0.2) is 28.8 Å². The molecule has 0 radical (unpaired) electrons. The summed E-state index contributed by atoms with van der Waals surface area (Å²) in [5.74, 6) is -0.390. The predicted molar refractivity (Wildman–Crippen MR) is 86.7 cm³/mol. The Hall–Kier alpha value is -1.55. The highest BCUT2D eigenvalue weighted by Gasteiger charge is 2.26. The number of carbonyl (C=O) groups excluding carboxylic acids is 2. The van der Waals surface area contributed by atoms with Crippen LogP contribution in [-0.2, 0) is 9.59 Å². The molecule has 0 fully saturated rings. The van der Waals surface area contributed by atoms with Crippen molar-refractivity contribution in [3.63, 3.8) is 0 Å². The molecule has 5 heteroatoms. The monoisotopic (exact) mass is 310 g/mol. The Morgan fingerprint density at radius 1 is 1.24 bits per heavy atom. The minimum atomic E-state index is -0.407. The summed E-state index contributed by atoms with van der Waals surface area (Å²) < 4.78 is 0. The molecule has 1 aromatic rings. The molecule has 2 amide bonds. The zero-order chi connectivity index (χ0) is 16.4. The highest BCUT2D eigenvalue weighted by atomic mass is 35.5. The van der Waals surface area contributed by atoms with E-state index in [1.807, 2.05) is 40.7 Å². The van der Waals surface area contributed by atoms with Crippen LogP contribution in [0.25, 0.3) is 0 Å². The third kappa shape index (κ3) is 4.74. The van der Waals surface area contributed by atoms with Crippen LogP contribution in [0.3, 0.4) is 0 Å². The average molecular weight is 311 g/mol. The molecular weight excluding hydrogens is 288 g/mol. The number of nitrogens with one attached hydrogen (secondary N) is 1. The summed E-state index contributed by atoms with van der Waals surface area (Å²) in [4.78, 5) is 25.4. The predicted octanol–water partition coefficient (Wildman–Crippen LogP) is 3.54. The van der Waals surface area contributed by atoms with Gasteiger partial charge in [-0.3, -0.25) is 9.59 Å². The van der Waals surface area contributed by atoms with Crippen molar-refractivity contribution in [3.05, 3.63) is 28.3 Å². The molecule has 116 valence electrons. The van der Waals surface area contributed by atoms with Crippen LogP contribution in [0.2, 0.25) is 5.02 Å². The second kappa shape index (κ2) is 6.48. The molecule has 0 aliphatic heterocycles. The zero-order valence-electron chi connectivity index (χ0n) is 13.5. The molecule has 0 aliphatic rings.